The molecule has 1 saturated carbocycles. The van der Waals surface area contributed by atoms with E-state index >= 15 is 0 Å². The number of nitriles is 1. The van der Waals surface area contributed by atoms with Crippen molar-refractivity contribution in [1.82, 2.24) is 9.88 Å². The zero-order chi connectivity index (χ0) is 14.9. The Balaban J connectivity index is 1.90. The van der Waals surface area contributed by atoms with Gasteiger partial charge in [0.15, 0.2) is 0 Å². The third-order valence-corrected chi connectivity index (χ3v) is 4.49. The van der Waals surface area contributed by atoms with Gasteiger partial charge in [0.2, 0.25) is 0 Å². The van der Waals surface area contributed by atoms with Crippen LogP contribution in [0, 0.1) is 16.7 Å². The summed E-state index contributed by atoms with van der Waals surface area (Å²) >= 11 is 0. The van der Waals surface area contributed by atoms with Crippen LogP contribution in [0.25, 0.3) is 10.9 Å². The van der Waals surface area contributed by atoms with Gasteiger partial charge in [0.1, 0.15) is 0 Å². The van der Waals surface area contributed by atoms with E-state index in [-0.39, 0.29) is 5.41 Å². The first-order valence-electron chi connectivity index (χ1n) is 7.81. The predicted molar refractivity (Wildman–Crippen MR) is 85.8 cm³/mol. The zero-order valence-corrected chi connectivity index (χ0v) is 12.9. The lowest BCUT2D eigenvalue weighted by Crippen LogP contribution is -2.22. The van der Waals surface area contributed by atoms with Crippen LogP contribution in [0.15, 0.2) is 30.5 Å². The van der Waals surface area contributed by atoms with Gasteiger partial charge in [-0.05, 0) is 29.9 Å². The van der Waals surface area contributed by atoms with Crippen molar-refractivity contribution in [2.75, 3.05) is 0 Å². The van der Waals surface area contributed by atoms with Crippen LogP contribution in [0.4, 0.5) is 0 Å². The molecule has 1 N–H and O–H groups in total. The summed E-state index contributed by atoms with van der Waals surface area (Å²) in [6.45, 7) is 6.21. The number of rotatable bonds is 6. The standard InChI is InChI=1S/C18H23N3/c1-14(2)20-12-16-5-3-4-15-6-11-21(17(15)16)13-18(7-8-18)9-10-19/h3-6,11,14,20H,7-9,12-13H2,1-2H3. The topological polar surface area (TPSA) is 40.8 Å². The van der Waals surface area contributed by atoms with Crippen molar-refractivity contribution in [3.8, 4) is 6.07 Å². The summed E-state index contributed by atoms with van der Waals surface area (Å²) in [7, 11) is 0. The zero-order valence-electron chi connectivity index (χ0n) is 12.9. The van der Waals surface area contributed by atoms with Crippen LogP contribution in [0.1, 0.15) is 38.7 Å². The van der Waals surface area contributed by atoms with Crippen molar-refractivity contribution in [2.24, 2.45) is 5.41 Å². The fraction of sp³-hybridized carbons (Fsp3) is 0.500. The minimum Gasteiger partial charge on any atom is -0.347 e. The van der Waals surface area contributed by atoms with Crippen LogP contribution < -0.4 is 5.32 Å². The maximum atomic E-state index is 9.01. The first kappa shape index (κ1) is 14.2. The number of nitrogens with one attached hydrogen (secondary N) is 1. The van der Waals surface area contributed by atoms with E-state index in [0.29, 0.717) is 12.5 Å². The van der Waals surface area contributed by atoms with Gasteiger partial charge >= 0.3 is 0 Å². The molecule has 1 aliphatic carbocycles. The van der Waals surface area contributed by atoms with Crippen molar-refractivity contribution >= 4 is 10.9 Å². The molecule has 0 unspecified atom stereocenters. The van der Waals surface area contributed by atoms with E-state index in [1.54, 1.807) is 0 Å². The average molecular weight is 281 g/mol. The molecule has 0 aliphatic heterocycles. The number of para-hydroxylation sites is 1. The van der Waals surface area contributed by atoms with Gasteiger partial charge in [0.25, 0.3) is 0 Å². The number of benzene rings is 1. The quantitative estimate of drug-likeness (QED) is 0.874. The first-order chi connectivity index (χ1) is 10.1. The molecule has 21 heavy (non-hydrogen) atoms. The molecule has 3 rings (SSSR count). The van der Waals surface area contributed by atoms with Crippen molar-refractivity contribution in [2.45, 2.75) is 52.2 Å². The van der Waals surface area contributed by atoms with Crippen LogP contribution >= 0.6 is 0 Å². The van der Waals surface area contributed by atoms with Gasteiger partial charge in [-0.3, -0.25) is 0 Å². The van der Waals surface area contributed by atoms with Crippen molar-refractivity contribution in [3.05, 3.63) is 36.0 Å². The normalized spacial score (nSPS) is 16.3. The van der Waals surface area contributed by atoms with Gasteiger partial charge in [-0.25, -0.2) is 0 Å². The Kier molecular flexibility index (Phi) is 3.73. The molecule has 0 bridgehead atoms. The second-order valence-corrected chi connectivity index (χ2v) is 6.67. The molecule has 3 heteroatoms. The van der Waals surface area contributed by atoms with Gasteiger partial charge in [-0.15, -0.1) is 0 Å². The van der Waals surface area contributed by atoms with Crippen LogP contribution in [-0.4, -0.2) is 10.6 Å². The Hall–Kier alpha value is -1.79. The molecule has 1 fully saturated rings. The molecule has 1 heterocycles. The van der Waals surface area contributed by atoms with Gasteiger partial charge in [-0.2, -0.15) is 5.26 Å². The highest BCUT2D eigenvalue weighted by Crippen LogP contribution is 2.50. The SMILES string of the molecule is CC(C)NCc1cccc2ccn(CC3(CC#N)CC3)c12. The molecule has 0 atom stereocenters. The molecule has 0 amide bonds. The lowest BCUT2D eigenvalue weighted by Gasteiger charge is -2.16. The maximum Gasteiger partial charge on any atom is 0.0628 e. The first-order valence-corrected chi connectivity index (χ1v) is 7.81. The molecule has 1 aromatic heterocycles. The van der Waals surface area contributed by atoms with Crippen LogP contribution in [0.3, 0.4) is 0 Å². The molecule has 2 aromatic rings. The number of hydrogen-bond acceptors (Lipinski definition) is 2. The fourth-order valence-corrected chi connectivity index (χ4v) is 3.03. The van der Waals surface area contributed by atoms with Crippen LogP contribution in [0.2, 0.25) is 0 Å². The molecular weight excluding hydrogens is 258 g/mol. The highest BCUT2D eigenvalue weighted by atomic mass is 15.0. The Morgan fingerprint density at radius 1 is 1.33 bits per heavy atom. The molecule has 1 aromatic carbocycles. The van der Waals surface area contributed by atoms with E-state index in [4.69, 9.17) is 5.26 Å². The summed E-state index contributed by atoms with van der Waals surface area (Å²) in [5.41, 5.74) is 2.91. The highest BCUT2D eigenvalue weighted by Gasteiger charge is 2.42. The van der Waals surface area contributed by atoms with Gasteiger partial charge in [-0.1, -0.05) is 32.0 Å². The largest absolute Gasteiger partial charge is 0.347 e. The second kappa shape index (κ2) is 5.54. The number of aromatic nitrogens is 1. The van der Waals surface area contributed by atoms with E-state index in [2.05, 4.69) is 60.3 Å². The predicted octanol–water partition coefficient (Wildman–Crippen LogP) is 3.83. The van der Waals surface area contributed by atoms with E-state index in [1.165, 1.54) is 29.3 Å². The highest BCUT2D eigenvalue weighted by molar-refractivity contribution is 5.83. The Bertz CT molecular complexity index is 671. The Morgan fingerprint density at radius 3 is 2.81 bits per heavy atom. The monoisotopic (exact) mass is 281 g/mol. The molecule has 110 valence electrons. The smallest absolute Gasteiger partial charge is 0.0628 e. The molecule has 3 nitrogen and oxygen atoms in total. The molecule has 0 radical (unpaired) electrons. The molecule has 1 aliphatic rings. The van der Waals surface area contributed by atoms with E-state index in [1.807, 2.05) is 0 Å². The summed E-state index contributed by atoms with van der Waals surface area (Å²) in [6.07, 6.45) is 5.24. The van der Waals surface area contributed by atoms with E-state index < -0.39 is 0 Å². The molecule has 0 saturated heterocycles. The van der Waals surface area contributed by atoms with Crippen molar-refractivity contribution in [1.29, 1.82) is 5.26 Å². The third kappa shape index (κ3) is 2.96. The molecule has 0 spiro atoms. The number of fused-ring (bicyclic) bond motifs is 1. The summed E-state index contributed by atoms with van der Waals surface area (Å²) < 4.78 is 2.36. The second-order valence-electron chi connectivity index (χ2n) is 6.67. The van der Waals surface area contributed by atoms with E-state index in [9.17, 15) is 0 Å². The lowest BCUT2D eigenvalue weighted by atomic mass is 10.0. The Morgan fingerprint density at radius 2 is 2.14 bits per heavy atom. The van der Waals surface area contributed by atoms with Crippen molar-refractivity contribution < 1.29 is 0 Å². The minimum absolute atomic E-state index is 0.235. The summed E-state index contributed by atoms with van der Waals surface area (Å²) in [4.78, 5) is 0. The van der Waals surface area contributed by atoms with Crippen LogP contribution in [0.5, 0.6) is 0 Å². The lowest BCUT2D eigenvalue weighted by molar-refractivity contribution is 0.439. The summed E-state index contributed by atoms with van der Waals surface area (Å²) in [5, 5.41) is 13.8. The maximum absolute atomic E-state index is 9.01. The van der Waals surface area contributed by atoms with Gasteiger partial charge < -0.3 is 9.88 Å². The average Bonchev–Trinajstić information content (AvgIpc) is 3.09. The number of hydrogen-bond donors (Lipinski definition) is 1. The van der Waals surface area contributed by atoms with Gasteiger partial charge in [0, 0.05) is 37.2 Å². The van der Waals surface area contributed by atoms with E-state index in [0.717, 1.165) is 13.1 Å². The number of nitrogens with zero attached hydrogens (tertiary/aromatic N) is 2. The van der Waals surface area contributed by atoms with Crippen molar-refractivity contribution in [3.63, 3.8) is 0 Å². The fourth-order valence-electron chi connectivity index (χ4n) is 3.03. The summed E-state index contributed by atoms with van der Waals surface area (Å²) in [5.74, 6) is 0. The minimum atomic E-state index is 0.235. The third-order valence-electron chi connectivity index (χ3n) is 4.49. The molecular formula is C18H23N3. The van der Waals surface area contributed by atoms with Gasteiger partial charge in [0.05, 0.1) is 11.6 Å². The summed E-state index contributed by atoms with van der Waals surface area (Å²) in [6, 6.07) is 11.5. The Labute approximate surface area is 126 Å². The van der Waals surface area contributed by atoms with Crippen LogP contribution in [-0.2, 0) is 13.1 Å².